The van der Waals surface area contributed by atoms with E-state index in [1.807, 2.05) is 25.1 Å². The van der Waals surface area contributed by atoms with Crippen molar-refractivity contribution in [3.8, 4) is 11.1 Å². The van der Waals surface area contributed by atoms with Gasteiger partial charge in [0.25, 0.3) is 0 Å². The zero-order valence-corrected chi connectivity index (χ0v) is 18.6. The number of aryl methyl sites for hydroxylation is 1. The Bertz CT molecular complexity index is 1180. The summed E-state index contributed by atoms with van der Waals surface area (Å²) in [6.45, 7) is 3.78. The van der Waals surface area contributed by atoms with Crippen LogP contribution in [0.1, 0.15) is 47.7 Å². The predicted octanol–water partition coefficient (Wildman–Crippen LogP) is 3.77. The second-order valence-corrected chi connectivity index (χ2v) is 8.66. The van der Waals surface area contributed by atoms with Crippen LogP contribution in [0.15, 0.2) is 47.9 Å². The van der Waals surface area contributed by atoms with Crippen LogP contribution in [0.3, 0.4) is 0 Å². The molecule has 7 nitrogen and oxygen atoms in total. The summed E-state index contributed by atoms with van der Waals surface area (Å²) < 4.78 is 14.2. The van der Waals surface area contributed by atoms with Gasteiger partial charge in [-0.05, 0) is 74.5 Å². The van der Waals surface area contributed by atoms with Crippen LogP contribution in [0, 0.1) is 12.7 Å². The zero-order chi connectivity index (χ0) is 22.8. The number of fused-ring (bicyclic) bond motifs is 1. The zero-order valence-electron chi connectivity index (χ0n) is 18.6. The number of piperidine rings is 1. The van der Waals surface area contributed by atoms with Gasteiger partial charge in [0.1, 0.15) is 11.9 Å². The molecule has 170 valence electrons. The van der Waals surface area contributed by atoms with Crippen LogP contribution in [-0.4, -0.2) is 39.9 Å². The van der Waals surface area contributed by atoms with Gasteiger partial charge in [0, 0.05) is 29.9 Å². The van der Waals surface area contributed by atoms with Gasteiger partial charge in [0.15, 0.2) is 0 Å². The SMILES string of the molecule is Cc1nc(N)nc2c1/C(=N/OC1CCNCC1)C[C@@H](c1ccc(F)cc1-c1cccnc1)C2. The molecule has 0 radical (unpaired) electrons. The number of hydrogen-bond donors (Lipinski definition) is 2. The number of rotatable bonds is 4. The summed E-state index contributed by atoms with van der Waals surface area (Å²) >= 11 is 0. The lowest BCUT2D eigenvalue weighted by Gasteiger charge is -2.28. The smallest absolute Gasteiger partial charge is 0.220 e. The van der Waals surface area contributed by atoms with E-state index in [1.165, 1.54) is 6.07 Å². The quantitative estimate of drug-likeness (QED) is 0.592. The first-order chi connectivity index (χ1) is 16.1. The maximum absolute atomic E-state index is 14.2. The maximum Gasteiger partial charge on any atom is 0.220 e. The number of aromatic nitrogens is 3. The van der Waals surface area contributed by atoms with Crippen LogP contribution in [0.5, 0.6) is 0 Å². The van der Waals surface area contributed by atoms with Crippen molar-refractivity contribution in [3.63, 3.8) is 0 Å². The van der Waals surface area contributed by atoms with Crippen LogP contribution >= 0.6 is 0 Å². The molecule has 33 heavy (non-hydrogen) atoms. The molecule has 5 rings (SSSR count). The molecule has 2 aliphatic rings. The summed E-state index contributed by atoms with van der Waals surface area (Å²) in [5, 5.41) is 7.96. The molecule has 0 unspecified atom stereocenters. The lowest BCUT2D eigenvalue weighted by Crippen LogP contribution is -2.32. The molecular weight excluding hydrogens is 419 g/mol. The van der Waals surface area contributed by atoms with Crippen molar-refractivity contribution in [2.75, 3.05) is 18.8 Å². The molecule has 0 amide bonds. The van der Waals surface area contributed by atoms with E-state index in [0.29, 0.717) is 12.8 Å². The third kappa shape index (κ3) is 4.57. The van der Waals surface area contributed by atoms with Crippen molar-refractivity contribution < 1.29 is 9.23 Å². The molecular formula is C25H27FN6O. The second-order valence-electron chi connectivity index (χ2n) is 8.66. The highest BCUT2D eigenvalue weighted by molar-refractivity contribution is 6.03. The minimum absolute atomic E-state index is 0.0392. The van der Waals surface area contributed by atoms with E-state index >= 15 is 0 Å². The second kappa shape index (κ2) is 9.23. The van der Waals surface area contributed by atoms with Crippen LogP contribution < -0.4 is 11.1 Å². The maximum atomic E-state index is 14.2. The molecule has 1 aromatic carbocycles. The van der Waals surface area contributed by atoms with Gasteiger partial charge in [-0.1, -0.05) is 17.3 Å². The van der Waals surface area contributed by atoms with Gasteiger partial charge in [0.2, 0.25) is 5.95 Å². The van der Waals surface area contributed by atoms with Crippen molar-refractivity contribution in [1.82, 2.24) is 20.3 Å². The third-order valence-corrected chi connectivity index (χ3v) is 6.38. The Balaban J connectivity index is 1.55. The molecule has 0 saturated carbocycles. The van der Waals surface area contributed by atoms with Gasteiger partial charge >= 0.3 is 0 Å². The molecule has 1 fully saturated rings. The van der Waals surface area contributed by atoms with Crippen LogP contribution in [0.2, 0.25) is 0 Å². The van der Waals surface area contributed by atoms with Crippen molar-refractivity contribution in [2.24, 2.45) is 5.16 Å². The van der Waals surface area contributed by atoms with E-state index in [-0.39, 0.29) is 23.8 Å². The van der Waals surface area contributed by atoms with Gasteiger partial charge in [-0.25, -0.2) is 14.4 Å². The summed E-state index contributed by atoms with van der Waals surface area (Å²) in [7, 11) is 0. The first kappa shape index (κ1) is 21.5. The first-order valence-corrected chi connectivity index (χ1v) is 11.3. The number of nitrogens with two attached hydrogens (primary N) is 1. The Morgan fingerprint density at radius 3 is 2.79 bits per heavy atom. The fourth-order valence-corrected chi connectivity index (χ4v) is 4.82. The van der Waals surface area contributed by atoms with E-state index in [1.54, 1.807) is 18.5 Å². The minimum Gasteiger partial charge on any atom is -0.392 e. The van der Waals surface area contributed by atoms with Crippen molar-refractivity contribution in [1.29, 1.82) is 0 Å². The Labute approximate surface area is 192 Å². The number of nitrogens with zero attached hydrogens (tertiary/aromatic N) is 4. The predicted molar refractivity (Wildman–Crippen MR) is 125 cm³/mol. The molecule has 3 aromatic rings. The van der Waals surface area contributed by atoms with Gasteiger partial charge in [0.05, 0.1) is 17.1 Å². The molecule has 1 atom stereocenters. The van der Waals surface area contributed by atoms with Gasteiger partial charge in [-0.2, -0.15) is 0 Å². The lowest BCUT2D eigenvalue weighted by molar-refractivity contribution is 0.0372. The van der Waals surface area contributed by atoms with Crippen molar-refractivity contribution >= 4 is 11.7 Å². The summed E-state index contributed by atoms with van der Waals surface area (Å²) in [6.07, 6.45) is 6.72. The molecule has 8 heteroatoms. The number of nitrogen functional groups attached to an aromatic ring is 1. The number of nitrogens with one attached hydrogen (secondary N) is 1. The summed E-state index contributed by atoms with van der Waals surface area (Å²) in [4.78, 5) is 19.1. The van der Waals surface area contributed by atoms with Crippen LogP contribution in [0.25, 0.3) is 11.1 Å². The molecule has 0 spiro atoms. The van der Waals surface area contributed by atoms with E-state index < -0.39 is 0 Å². The van der Waals surface area contributed by atoms with Crippen molar-refractivity contribution in [3.05, 3.63) is 71.1 Å². The average molecular weight is 447 g/mol. The number of halogens is 1. The Kier molecular flexibility index (Phi) is 6.00. The molecule has 0 bridgehead atoms. The topological polar surface area (TPSA) is 98.3 Å². The Morgan fingerprint density at radius 2 is 2.00 bits per heavy atom. The van der Waals surface area contributed by atoms with Gasteiger partial charge < -0.3 is 15.9 Å². The highest BCUT2D eigenvalue weighted by Gasteiger charge is 2.31. The lowest BCUT2D eigenvalue weighted by atomic mass is 9.78. The number of benzene rings is 1. The number of oxime groups is 1. The van der Waals surface area contributed by atoms with E-state index in [4.69, 9.17) is 10.6 Å². The first-order valence-electron chi connectivity index (χ1n) is 11.3. The Morgan fingerprint density at radius 1 is 1.15 bits per heavy atom. The van der Waals surface area contributed by atoms with E-state index in [0.717, 1.165) is 65.3 Å². The average Bonchev–Trinajstić information content (AvgIpc) is 2.83. The normalized spacial score (nSPS) is 19.9. The van der Waals surface area contributed by atoms with Gasteiger partial charge in [-0.3, -0.25) is 4.98 Å². The van der Waals surface area contributed by atoms with Crippen molar-refractivity contribution in [2.45, 2.75) is 44.6 Å². The van der Waals surface area contributed by atoms with Crippen LogP contribution in [-0.2, 0) is 11.3 Å². The molecule has 3 heterocycles. The molecule has 1 saturated heterocycles. The van der Waals surface area contributed by atoms with E-state index in [2.05, 4.69) is 25.4 Å². The molecule has 1 aliphatic heterocycles. The molecule has 3 N–H and O–H groups in total. The molecule has 2 aromatic heterocycles. The Hall–Kier alpha value is -3.39. The number of hydrogen-bond acceptors (Lipinski definition) is 7. The summed E-state index contributed by atoms with van der Waals surface area (Å²) in [6, 6.07) is 8.74. The molecule has 1 aliphatic carbocycles. The highest BCUT2D eigenvalue weighted by atomic mass is 19.1. The van der Waals surface area contributed by atoms with Gasteiger partial charge in [-0.15, -0.1) is 0 Å². The summed E-state index contributed by atoms with van der Waals surface area (Å²) in [5.74, 6) is 0.00819. The highest BCUT2D eigenvalue weighted by Crippen LogP contribution is 2.38. The monoisotopic (exact) mass is 446 g/mol. The largest absolute Gasteiger partial charge is 0.392 e. The summed E-state index contributed by atoms with van der Waals surface area (Å²) in [5.41, 5.74) is 12.1. The fourth-order valence-electron chi connectivity index (χ4n) is 4.82. The number of anilines is 1. The third-order valence-electron chi connectivity index (χ3n) is 6.38. The van der Waals surface area contributed by atoms with Crippen LogP contribution in [0.4, 0.5) is 10.3 Å². The number of pyridine rings is 1. The minimum atomic E-state index is -0.278. The fraction of sp³-hybridized carbons (Fsp3) is 0.360. The standard InChI is InChI=1S/C25H27FN6O/c1-15-24-22(31-25(27)30-15)11-17(12-23(24)32-33-19-6-9-28-10-7-19)20-5-4-18(26)13-21(20)16-3-2-8-29-14-16/h2-5,8,13-14,17,19,28H,6-7,9-12H2,1H3,(H2,27,30,31)/b32-23+/t17-/m0/s1. The van der Waals surface area contributed by atoms with E-state index in [9.17, 15) is 4.39 Å².